The molecule has 0 aromatic heterocycles. The number of hydrogen-bond acceptors (Lipinski definition) is 3. The van der Waals surface area contributed by atoms with E-state index in [1.54, 1.807) is 0 Å². The second-order valence-corrected chi connectivity index (χ2v) is 6.36. The maximum atomic E-state index is 12.7. The van der Waals surface area contributed by atoms with E-state index in [2.05, 4.69) is 0 Å². The van der Waals surface area contributed by atoms with Gasteiger partial charge in [0, 0.05) is 24.2 Å². The molecule has 4 heteroatoms. The van der Waals surface area contributed by atoms with Gasteiger partial charge in [0.25, 0.3) is 0 Å². The summed E-state index contributed by atoms with van der Waals surface area (Å²) in [7, 11) is 0. The Balaban J connectivity index is 1.55. The SMILES string of the molecule is O=C(C1CC1)N(C/C=C/c1ccccc1)c1ccc2c(c1)OCCO2. The van der Waals surface area contributed by atoms with E-state index in [0.717, 1.165) is 29.8 Å². The van der Waals surface area contributed by atoms with Crippen LogP contribution >= 0.6 is 0 Å². The van der Waals surface area contributed by atoms with Crippen LogP contribution in [0.2, 0.25) is 0 Å². The minimum Gasteiger partial charge on any atom is -0.486 e. The molecule has 0 radical (unpaired) electrons. The molecule has 1 aliphatic carbocycles. The van der Waals surface area contributed by atoms with Crippen molar-refractivity contribution in [3.05, 3.63) is 60.2 Å². The van der Waals surface area contributed by atoms with Crippen molar-refractivity contribution in [2.45, 2.75) is 12.8 Å². The summed E-state index contributed by atoms with van der Waals surface area (Å²) in [6.07, 6.45) is 6.06. The molecule has 0 saturated heterocycles. The first-order valence-electron chi connectivity index (χ1n) is 8.74. The second-order valence-electron chi connectivity index (χ2n) is 6.36. The third-order valence-corrected chi connectivity index (χ3v) is 4.43. The monoisotopic (exact) mass is 335 g/mol. The Labute approximate surface area is 147 Å². The smallest absolute Gasteiger partial charge is 0.230 e. The molecule has 0 bridgehead atoms. The van der Waals surface area contributed by atoms with E-state index < -0.39 is 0 Å². The number of carbonyl (C=O) groups is 1. The number of hydrogen-bond donors (Lipinski definition) is 0. The van der Waals surface area contributed by atoms with Gasteiger partial charge in [-0.2, -0.15) is 0 Å². The topological polar surface area (TPSA) is 38.8 Å². The van der Waals surface area contributed by atoms with Crippen molar-refractivity contribution in [1.82, 2.24) is 0 Å². The highest BCUT2D eigenvalue weighted by molar-refractivity contribution is 5.97. The highest BCUT2D eigenvalue weighted by atomic mass is 16.6. The summed E-state index contributed by atoms with van der Waals surface area (Å²) in [6.45, 7) is 1.65. The average molecular weight is 335 g/mol. The number of carbonyl (C=O) groups excluding carboxylic acids is 1. The third kappa shape index (κ3) is 3.68. The van der Waals surface area contributed by atoms with Gasteiger partial charge in [-0.1, -0.05) is 42.5 Å². The highest BCUT2D eigenvalue weighted by Gasteiger charge is 2.34. The van der Waals surface area contributed by atoms with E-state index in [1.807, 2.05) is 65.6 Å². The maximum Gasteiger partial charge on any atom is 0.230 e. The maximum absolute atomic E-state index is 12.7. The molecule has 0 N–H and O–H groups in total. The van der Waals surface area contributed by atoms with Crippen LogP contribution in [0.3, 0.4) is 0 Å². The Morgan fingerprint density at radius 3 is 2.56 bits per heavy atom. The van der Waals surface area contributed by atoms with Gasteiger partial charge in [0.2, 0.25) is 5.91 Å². The first-order valence-corrected chi connectivity index (χ1v) is 8.74. The summed E-state index contributed by atoms with van der Waals surface area (Å²) in [4.78, 5) is 14.6. The molecule has 1 amide bonds. The second kappa shape index (κ2) is 7.01. The predicted octanol–water partition coefficient (Wildman–Crippen LogP) is 3.91. The van der Waals surface area contributed by atoms with Crippen LogP contribution in [-0.2, 0) is 4.79 Å². The summed E-state index contributed by atoms with van der Waals surface area (Å²) in [5.74, 6) is 1.81. The van der Waals surface area contributed by atoms with Crippen molar-refractivity contribution >= 4 is 17.7 Å². The first-order chi connectivity index (χ1) is 12.3. The molecule has 4 nitrogen and oxygen atoms in total. The van der Waals surface area contributed by atoms with E-state index in [9.17, 15) is 4.79 Å². The molecule has 1 fully saturated rings. The minimum absolute atomic E-state index is 0.165. The van der Waals surface area contributed by atoms with Crippen molar-refractivity contribution < 1.29 is 14.3 Å². The van der Waals surface area contributed by atoms with Gasteiger partial charge in [0.1, 0.15) is 13.2 Å². The zero-order chi connectivity index (χ0) is 17.1. The average Bonchev–Trinajstić information content (AvgIpc) is 3.50. The van der Waals surface area contributed by atoms with Crippen LogP contribution < -0.4 is 14.4 Å². The summed E-state index contributed by atoms with van der Waals surface area (Å²) in [6, 6.07) is 15.8. The zero-order valence-electron chi connectivity index (χ0n) is 14.1. The van der Waals surface area contributed by atoms with Gasteiger partial charge >= 0.3 is 0 Å². The number of fused-ring (bicyclic) bond motifs is 1. The molecule has 0 unspecified atom stereocenters. The Hall–Kier alpha value is -2.75. The van der Waals surface area contributed by atoms with Crippen molar-refractivity contribution in [3.63, 3.8) is 0 Å². The molecule has 1 saturated carbocycles. The summed E-state index contributed by atoms with van der Waals surface area (Å²) in [5.41, 5.74) is 1.99. The molecule has 2 aliphatic rings. The van der Waals surface area contributed by atoms with Gasteiger partial charge in [-0.05, 0) is 30.5 Å². The number of rotatable bonds is 5. The molecule has 4 rings (SSSR count). The molecule has 2 aromatic rings. The van der Waals surface area contributed by atoms with Crippen LogP contribution in [0.4, 0.5) is 5.69 Å². The van der Waals surface area contributed by atoms with Crippen molar-refractivity contribution in [1.29, 1.82) is 0 Å². The van der Waals surface area contributed by atoms with Crippen LogP contribution in [-0.4, -0.2) is 25.7 Å². The lowest BCUT2D eigenvalue weighted by Gasteiger charge is -2.24. The minimum atomic E-state index is 0.165. The number of amides is 1. The quantitative estimate of drug-likeness (QED) is 0.831. The number of anilines is 1. The Bertz CT molecular complexity index is 781. The number of ether oxygens (including phenoxy) is 2. The Morgan fingerprint density at radius 1 is 1.04 bits per heavy atom. The molecule has 2 aromatic carbocycles. The summed E-state index contributed by atoms with van der Waals surface area (Å²) < 4.78 is 11.2. The number of benzene rings is 2. The van der Waals surface area contributed by atoms with E-state index in [1.165, 1.54) is 0 Å². The lowest BCUT2D eigenvalue weighted by molar-refractivity contribution is -0.119. The van der Waals surface area contributed by atoms with Gasteiger partial charge in [-0.15, -0.1) is 0 Å². The van der Waals surface area contributed by atoms with Crippen LogP contribution in [0.5, 0.6) is 11.5 Å². The fourth-order valence-corrected chi connectivity index (χ4v) is 2.93. The first kappa shape index (κ1) is 15.8. The molecule has 25 heavy (non-hydrogen) atoms. The molecule has 128 valence electrons. The number of nitrogens with zero attached hydrogens (tertiary/aromatic N) is 1. The van der Waals surface area contributed by atoms with E-state index in [4.69, 9.17) is 9.47 Å². The summed E-state index contributed by atoms with van der Waals surface area (Å²) in [5, 5.41) is 0. The van der Waals surface area contributed by atoms with Crippen molar-refractivity contribution in [3.8, 4) is 11.5 Å². The van der Waals surface area contributed by atoms with Crippen LogP contribution in [0.15, 0.2) is 54.6 Å². The van der Waals surface area contributed by atoms with Gasteiger partial charge in [0.05, 0.1) is 0 Å². The molecule has 1 aliphatic heterocycles. The third-order valence-electron chi connectivity index (χ3n) is 4.43. The van der Waals surface area contributed by atoms with E-state index in [0.29, 0.717) is 25.5 Å². The van der Waals surface area contributed by atoms with E-state index >= 15 is 0 Å². The lowest BCUT2D eigenvalue weighted by Crippen LogP contribution is -2.32. The van der Waals surface area contributed by atoms with Gasteiger partial charge in [-0.25, -0.2) is 0 Å². The Morgan fingerprint density at radius 2 is 1.80 bits per heavy atom. The Kier molecular flexibility index (Phi) is 4.42. The van der Waals surface area contributed by atoms with Crippen molar-refractivity contribution in [2.75, 3.05) is 24.7 Å². The fourth-order valence-electron chi connectivity index (χ4n) is 2.93. The fraction of sp³-hybridized carbons (Fsp3) is 0.286. The summed E-state index contributed by atoms with van der Waals surface area (Å²) >= 11 is 0. The standard InChI is InChI=1S/C21H21NO3/c23-21(17-8-9-17)22(12-4-7-16-5-2-1-3-6-16)18-10-11-19-20(15-18)25-14-13-24-19/h1-7,10-11,15,17H,8-9,12-14H2/b7-4+. The normalized spacial score (nSPS) is 16.0. The predicted molar refractivity (Wildman–Crippen MR) is 98.0 cm³/mol. The van der Waals surface area contributed by atoms with Gasteiger partial charge in [-0.3, -0.25) is 4.79 Å². The largest absolute Gasteiger partial charge is 0.486 e. The zero-order valence-corrected chi connectivity index (χ0v) is 14.1. The van der Waals surface area contributed by atoms with Gasteiger partial charge in [0.15, 0.2) is 11.5 Å². The molecule has 1 heterocycles. The molecular formula is C21H21NO3. The highest BCUT2D eigenvalue weighted by Crippen LogP contribution is 2.37. The van der Waals surface area contributed by atoms with Crippen molar-refractivity contribution in [2.24, 2.45) is 5.92 Å². The van der Waals surface area contributed by atoms with E-state index in [-0.39, 0.29) is 11.8 Å². The lowest BCUT2D eigenvalue weighted by atomic mass is 10.2. The van der Waals surface area contributed by atoms with Crippen LogP contribution in [0.25, 0.3) is 6.08 Å². The van der Waals surface area contributed by atoms with Gasteiger partial charge < -0.3 is 14.4 Å². The van der Waals surface area contributed by atoms with Crippen LogP contribution in [0, 0.1) is 5.92 Å². The molecular weight excluding hydrogens is 314 g/mol. The molecule has 0 spiro atoms. The van der Waals surface area contributed by atoms with Crippen LogP contribution in [0.1, 0.15) is 18.4 Å². The molecule has 0 atom stereocenters.